The number of sulfonamides is 1. The van der Waals surface area contributed by atoms with Crippen LogP contribution in [0.4, 0.5) is 17.6 Å². The predicted octanol–water partition coefficient (Wildman–Crippen LogP) is 1.91. The standard InChI is InChI=1S/C8H7ClF4N2O2S/c9-6-2-1-5(3-14-6)18(16,17)15-4-8(12,13)7(10)11/h1-3,7,15H,4H2. The lowest BCUT2D eigenvalue weighted by Gasteiger charge is -2.15. The van der Waals surface area contributed by atoms with E-state index in [9.17, 15) is 26.0 Å². The molecule has 0 aliphatic heterocycles. The Morgan fingerprint density at radius 3 is 2.44 bits per heavy atom. The highest BCUT2D eigenvalue weighted by atomic mass is 35.5. The second kappa shape index (κ2) is 5.37. The summed E-state index contributed by atoms with van der Waals surface area (Å²) in [6.07, 6.45) is -3.13. The van der Waals surface area contributed by atoms with Gasteiger partial charge in [-0.2, -0.15) is 8.78 Å². The fourth-order valence-corrected chi connectivity index (χ4v) is 1.97. The molecule has 0 radical (unpaired) electrons. The Hall–Kier alpha value is -0.930. The van der Waals surface area contributed by atoms with Crippen molar-refractivity contribution in [1.29, 1.82) is 0 Å². The van der Waals surface area contributed by atoms with Crippen molar-refractivity contribution in [3.63, 3.8) is 0 Å². The van der Waals surface area contributed by atoms with Crippen molar-refractivity contribution in [1.82, 2.24) is 9.71 Å². The van der Waals surface area contributed by atoms with Gasteiger partial charge in [0.2, 0.25) is 10.0 Å². The maximum Gasteiger partial charge on any atom is 0.320 e. The number of pyridine rings is 1. The molecule has 0 saturated carbocycles. The summed E-state index contributed by atoms with van der Waals surface area (Å²) in [7, 11) is -4.33. The summed E-state index contributed by atoms with van der Waals surface area (Å²) in [5.74, 6) is -4.44. The van der Waals surface area contributed by atoms with Crippen molar-refractivity contribution in [2.75, 3.05) is 6.54 Å². The first kappa shape index (κ1) is 15.1. The third kappa shape index (κ3) is 3.79. The van der Waals surface area contributed by atoms with Gasteiger partial charge in [-0.15, -0.1) is 0 Å². The molecule has 102 valence electrons. The van der Waals surface area contributed by atoms with Crippen LogP contribution in [-0.4, -0.2) is 32.3 Å². The van der Waals surface area contributed by atoms with Crippen molar-refractivity contribution in [2.24, 2.45) is 0 Å². The Balaban J connectivity index is 2.81. The highest BCUT2D eigenvalue weighted by Crippen LogP contribution is 2.22. The lowest BCUT2D eigenvalue weighted by atomic mass is 10.4. The van der Waals surface area contributed by atoms with Gasteiger partial charge in [-0.3, -0.25) is 0 Å². The number of halogens is 5. The molecule has 0 bridgehead atoms. The zero-order valence-electron chi connectivity index (χ0n) is 8.58. The first-order valence-corrected chi connectivity index (χ1v) is 6.28. The van der Waals surface area contributed by atoms with Gasteiger partial charge in [-0.05, 0) is 12.1 Å². The summed E-state index contributed by atoms with van der Waals surface area (Å²) in [5.41, 5.74) is 0. The molecular weight excluding hydrogens is 300 g/mol. The van der Waals surface area contributed by atoms with E-state index in [-0.39, 0.29) is 5.15 Å². The molecule has 0 fully saturated rings. The van der Waals surface area contributed by atoms with Gasteiger partial charge in [-0.25, -0.2) is 26.9 Å². The number of rotatable bonds is 5. The van der Waals surface area contributed by atoms with E-state index in [1.54, 1.807) is 0 Å². The van der Waals surface area contributed by atoms with E-state index >= 15 is 0 Å². The average Bonchev–Trinajstić information content (AvgIpc) is 2.27. The highest BCUT2D eigenvalue weighted by Gasteiger charge is 2.41. The maximum atomic E-state index is 12.5. The largest absolute Gasteiger partial charge is 0.320 e. The van der Waals surface area contributed by atoms with Gasteiger partial charge in [0.1, 0.15) is 10.0 Å². The van der Waals surface area contributed by atoms with Crippen LogP contribution >= 0.6 is 11.6 Å². The number of alkyl halides is 4. The summed E-state index contributed by atoms with van der Waals surface area (Å²) in [4.78, 5) is 2.99. The van der Waals surface area contributed by atoms with Gasteiger partial charge in [0.25, 0.3) is 0 Å². The second-order valence-electron chi connectivity index (χ2n) is 3.20. The molecule has 0 atom stereocenters. The van der Waals surface area contributed by atoms with E-state index in [2.05, 4.69) is 4.98 Å². The maximum absolute atomic E-state index is 12.5. The molecule has 0 saturated heterocycles. The lowest BCUT2D eigenvalue weighted by molar-refractivity contribution is -0.122. The van der Waals surface area contributed by atoms with Crippen molar-refractivity contribution in [2.45, 2.75) is 17.2 Å². The normalized spacial score (nSPS) is 13.0. The summed E-state index contributed by atoms with van der Waals surface area (Å²) < 4.78 is 73.0. The van der Waals surface area contributed by atoms with E-state index in [0.717, 1.165) is 18.3 Å². The average molecular weight is 307 g/mol. The van der Waals surface area contributed by atoms with Crippen molar-refractivity contribution >= 4 is 21.6 Å². The Bertz CT molecular complexity index is 506. The molecule has 0 aliphatic rings. The van der Waals surface area contributed by atoms with Crippen molar-refractivity contribution in [3.05, 3.63) is 23.5 Å². The Labute approximate surface area is 105 Å². The van der Waals surface area contributed by atoms with Crippen LogP contribution in [0, 0.1) is 0 Å². The Kier molecular flexibility index (Phi) is 4.51. The smallest absolute Gasteiger partial charge is 0.243 e. The number of hydrogen-bond donors (Lipinski definition) is 1. The molecule has 1 N–H and O–H groups in total. The lowest BCUT2D eigenvalue weighted by Crippen LogP contribution is -2.41. The van der Waals surface area contributed by atoms with Crippen LogP contribution in [0.3, 0.4) is 0 Å². The van der Waals surface area contributed by atoms with Crippen LogP contribution in [0.1, 0.15) is 0 Å². The van der Waals surface area contributed by atoms with Crippen LogP contribution in [0.15, 0.2) is 23.2 Å². The number of nitrogens with zero attached hydrogens (tertiary/aromatic N) is 1. The van der Waals surface area contributed by atoms with Crippen LogP contribution in [0.5, 0.6) is 0 Å². The van der Waals surface area contributed by atoms with E-state index in [1.165, 1.54) is 4.72 Å². The molecule has 1 aromatic rings. The van der Waals surface area contributed by atoms with Gasteiger partial charge in [-0.1, -0.05) is 11.6 Å². The minimum absolute atomic E-state index is 0.00635. The minimum Gasteiger partial charge on any atom is -0.243 e. The van der Waals surface area contributed by atoms with Crippen molar-refractivity contribution < 1.29 is 26.0 Å². The monoisotopic (exact) mass is 306 g/mol. The summed E-state index contributed by atoms with van der Waals surface area (Å²) in [6.45, 7) is -1.70. The van der Waals surface area contributed by atoms with Crippen LogP contribution in [0.25, 0.3) is 0 Å². The zero-order valence-corrected chi connectivity index (χ0v) is 10.2. The zero-order chi connectivity index (χ0) is 14.0. The van der Waals surface area contributed by atoms with E-state index in [1.807, 2.05) is 0 Å². The second-order valence-corrected chi connectivity index (χ2v) is 5.36. The predicted molar refractivity (Wildman–Crippen MR) is 55.4 cm³/mol. The fourth-order valence-electron chi connectivity index (χ4n) is 0.873. The Morgan fingerprint density at radius 1 is 1.39 bits per heavy atom. The first-order chi connectivity index (χ1) is 8.15. The van der Waals surface area contributed by atoms with Gasteiger partial charge in [0.05, 0.1) is 6.54 Å². The van der Waals surface area contributed by atoms with Crippen LogP contribution in [0.2, 0.25) is 5.15 Å². The molecule has 0 amide bonds. The number of aromatic nitrogens is 1. The number of nitrogens with one attached hydrogen (secondary N) is 1. The first-order valence-electron chi connectivity index (χ1n) is 4.42. The van der Waals surface area contributed by atoms with Crippen LogP contribution in [-0.2, 0) is 10.0 Å². The molecule has 4 nitrogen and oxygen atoms in total. The van der Waals surface area contributed by atoms with E-state index < -0.39 is 33.8 Å². The third-order valence-corrected chi connectivity index (χ3v) is 3.44. The quantitative estimate of drug-likeness (QED) is 0.668. The van der Waals surface area contributed by atoms with Crippen molar-refractivity contribution in [3.8, 4) is 0 Å². The molecule has 1 heterocycles. The molecule has 1 rings (SSSR count). The molecular formula is C8H7ClF4N2O2S. The van der Waals surface area contributed by atoms with Gasteiger partial charge in [0, 0.05) is 6.20 Å². The summed E-state index contributed by atoms with van der Waals surface area (Å²) in [6, 6.07) is 2.14. The molecule has 0 aromatic carbocycles. The third-order valence-electron chi connectivity index (χ3n) is 1.83. The molecule has 0 spiro atoms. The van der Waals surface area contributed by atoms with Gasteiger partial charge < -0.3 is 0 Å². The van der Waals surface area contributed by atoms with Gasteiger partial charge in [0.15, 0.2) is 0 Å². The van der Waals surface area contributed by atoms with Gasteiger partial charge >= 0.3 is 12.3 Å². The topological polar surface area (TPSA) is 59.1 Å². The molecule has 0 unspecified atom stereocenters. The summed E-state index contributed by atoms with van der Waals surface area (Å²) in [5, 5.41) is 0.00635. The highest BCUT2D eigenvalue weighted by molar-refractivity contribution is 7.89. The minimum atomic E-state index is -4.44. The number of hydrogen-bond acceptors (Lipinski definition) is 3. The van der Waals surface area contributed by atoms with Crippen LogP contribution < -0.4 is 4.72 Å². The van der Waals surface area contributed by atoms with E-state index in [4.69, 9.17) is 11.6 Å². The Morgan fingerprint density at radius 2 is 2.00 bits per heavy atom. The molecule has 10 heteroatoms. The van der Waals surface area contributed by atoms with E-state index in [0.29, 0.717) is 0 Å². The SMILES string of the molecule is O=S(=O)(NCC(F)(F)C(F)F)c1ccc(Cl)nc1. The molecule has 0 aliphatic carbocycles. The fraction of sp³-hybridized carbons (Fsp3) is 0.375. The summed E-state index contributed by atoms with van der Waals surface area (Å²) >= 11 is 5.41. The molecule has 18 heavy (non-hydrogen) atoms. The molecule has 1 aromatic heterocycles.